The van der Waals surface area contributed by atoms with Crippen molar-refractivity contribution in [2.75, 3.05) is 12.3 Å². The highest BCUT2D eigenvalue weighted by atomic mass is 35.5. The van der Waals surface area contributed by atoms with E-state index in [4.69, 9.17) is 50.7 Å². The number of thioether (sulfide) groups is 1. The fourth-order valence-electron chi connectivity index (χ4n) is 2.04. The second-order valence-corrected chi connectivity index (χ2v) is 8.12. The number of carboxylic acid groups (broad SMARTS) is 2. The number of rotatable bonds is 11. The van der Waals surface area contributed by atoms with E-state index in [1.807, 2.05) is 0 Å². The molecule has 1 aliphatic carbocycles. The van der Waals surface area contributed by atoms with E-state index in [1.165, 1.54) is 0 Å². The van der Waals surface area contributed by atoms with E-state index in [-0.39, 0.29) is 23.5 Å². The van der Waals surface area contributed by atoms with Crippen LogP contribution in [0.5, 0.6) is 0 Å². The standard InChI is InChI=1S/C16H16Cl3N3O8S/c17-9-10(18)13(27)14(11(19)12(9)26)31-4-6(15(28)21-3-8(24)25)22-7(23)2-1-5(20)16(29)30/h5-6H,1-4,20H2,(H,21,28)(H,22,23)(H,24,25)(H,29,30)/t5-,6-/m0/s1. The van der Waals surface area contributed by atoms with Crippen molar-refractivity contribution in [3.63, 3.8) is 0 Å². The molecule has 0 saturated carbocycles. The van der Waals surface area contributed by atoms with Gasteiger partial charge in [-0.2, -0.15) is 0 Å². The molecule has 170 valence electrons. The zero-order chi connectivity index (χ0) is 23.9. The number of carboxylic acids is 2. The highest BCUT2D eigenvalue weighted by Crippen LogP contribution is 2.36. The van der Waals surface area contributed by atoms with Crippen molar-refractivity contribution >= 4 is 81.9 Å². The minimum atomic E-state index is -1.36. The topological polar surface area (TPSA) is 193 Å². The molecular formula is C16H16Cl3N3O8S. The molecule has 0 unspecified atom stereocenters. The molecular weight excluding hydrogens is 501 g/mol. The normalized spacial score (nSPS) is 16.1. The average molecular weight is 517 g/mol. The van der Waals surface area contributed by atoms with Gasteiger partial charge < -0.3 is 26.6 Å². The monoisotopic (exact) mass is 515 g/mol. The zero-order valence-corrected chi connectivity index (χ0v) is 18.5. The van der Waals surface area contributed by atoms with Gasteiger partial charge in [-0.25, -0.2) is 0 Å². The van der Waals surface area contributed by atoms with Gasteiger partial charge in [0.05, 0.1) is 4.91 Å². The van der Waals surface area contributed by atoms with Crippen LogP contribution in [-0.2, 0) is 28.8 Å². The molecule has 11 nitrogen and oxygen atoms in total. The van der Waals surface area contributed by atoms with E-state index in [9.17, 15) is 28.8 Å². The summed E-state index contributed by atoms with van der Waals surface area (Å²) in [6.45, 7) is -0.745. The van der Waals surface area contributed by atoms with Gasteiger partial charge in [-0.1, -0.05) is 34.8 Å². The quantitative estimate of drug-likeness (QED) is 0.231. The first kappa shape index (κ1) is 26.9. The van der Waals surface area contributed by atoms with E-state index in [0.29, 0.717) is 11.8 Å². The summed E-state index contributed by atoms with van der Waals surface area (Å²) >= 11 is 17.8. The maximum Gasteiger partial charge on any atom is 0.322 e. The fraction of sp³-hybridized carbons (Fsp3) is 0.375. The van der Waals surface area contributed by atoms with Crippen molar-refractivity contribution in [3.05, 3.63) is 20.0 Å². The first-order valence-corrected chi connectivity index (χ1v) is 10.4. The molecule has 0 saturated heterocycles. The second-order valence-electron chi connectivity index (χ2n) is 5.96. The molecule has 0 fully saturated rings. The molecule has 6 N–H and O–H groups in total. The SMILES string of the molecule is N[C@@H](CCC(=O)N[C@@H](CSC1=C(Cl)C(=O)C(Cl)=C(Cl)C1=O)C(=O)NCC(=O)O)C(=O)O. The van der Waals surface area contributed by atoms with E-state index >= 15 is 0 Å². The molecule has 0 radical (unpaired) electrons. The summed E-state index contributed by atoms with van der Waals surface area (Å²) in [5.74, 6) is -6.40. The maximum absolute atomic E-state index is 12.3. The molecule has 2 atom stereocenters. The molecule has 0 aromatic carbocycles. The predicted octanol–water partition coefficient (Wildman–Crippen LogP) is -0.111. The number of Topliss-reactive ketones (excluding diaryl/α,β-unsaturated/α-hetero) is 2. The van der Waals surface area contributed by atoms with E-state index in [1.54, 1.807) is 0 Å². The Labute approximate surface area is 194 Å². The van der Waals surface area contributed by atoms with Gasteiger partial charge in [-0.05, 0) is 6.42 Å². The highest BCUT2D eigenvalue weighted by molar-refractivity contribution is 8.04. The Kier molecular flexibility index (Phi) is 10.5. The zero-order valence-electron chi connectivity index (χ0n) is 15.4. The minimum absolute atomic E-state index is 0.222. The van der Waals surface area contributed by atoms with Crippen molar-refractivity contribution in [2.45, 2.75) is 24.9 Å². The number of aliphatic carboxylic acids is 2. The van der Waals surface area contributed by atoms with Crippen molar-refractivity contribution in [2.24, 2.45) is 5.73 Å². The number of halogens is 3. The summed E-state index contributed by atoms with van der Waals surface area (Å²) in [4.78, 5) is 69.6. The number of nitrogens with two attached hydrogens (primary N) is 1. The third-order valence-electron chi connectivity index (χ3n) is 3.66. The van der Waals surface area contributed by atoms with Crippen molar-refractivity contribution in [3.8, 4) is 0 Å². The number of carbonyl (C=O) groups is 6. The van der Waals surface area contributed by atoms with Crippen molar-refractivity contribution < 1.29 is 39.0 Å². The summed E-state index contributed by atoms with van der Waals surface area (Å²) in [7, 11) is 0. The fourth-order valence-corrected chi connectivity index (χ4v) is 3.87. The van der Waals surface area contributed by atoms with Crippen LogP contribution in [0.3, 0.4) is 0 Å². The first-order chi connectivity index (χ1) is 14.4. The molecule has 1 rings (SSSR count). The van der Waals surface area contributed by atoms with Gasteiger partial charge in [0.15, 0.2) is 0 Å². The average Bonchev–Trinajstić information content (AvgIpc) is 2.71. The lowest BCUT2D eigenvalue weighted by molar-refractivity contribution is -0.139. The number of ketones is 2. The van der Waals surface area contributed by atoms with E-state index in [0.717, 1.165) is 0 Å². The van der Waals surface area contributed by atoms with Gasteiger partial charge in [-0.15, -0.1) is 11.8 Å². The third kappa shape index (κ3) is 7.82. The van der Waals surface area contributed by atoms with Gasteiger partial charge >= 0.3 is 11.9 Å². The molecule has 0 spiro atoms. The van der Waals surface area contributed by atoms with Crippen LogP contribution in [0.25, 0.3) is 0 Å². The van der Waals surface area contributed by atoms with Gasteiger partial charge in [-0.3, -0.25) is 28.8 Å². The molecule has 1 aliphatic rings. The molecule has 0 aliphatic heterocycles. The van der Waals surface area contributed by atoms with Gasteiger partial charge in [0.25, 0.3) is 0 Å². The van der Waals surface area contributed by atoms with Crippen LogP contribution in [0.1, 0.15) is 12.8 Å². The Balaban J connectivity index is 2.92. The number of nitrogens with one attached hydrogen (secondary N) is 2. The number of hydrogen-bond donors (Lipinski definition) is 5. The molecule has 0 aromatic rings. The minimum Gasteiger partial charge on any atom is -0.480 e. The smallest absolute Gasteiger partial charge is 0.322 e. The van der Waals surface area contributed by atoms with Crippen LogP contribution in [0.4, 0.5) is 0 Å². The molecule has 15 heteroatoms. The summed E-state index contributed by atoms with van der Waals surface area (Å²) in [6.07, 6.45) is -0.563. The lowest BCUT2D eigenvalue weighted by Gasteiger charge is -2.20. The largest absolute Gasteiger partial charge is 0.480 e. The number of allylic oxidation sites excluding steroid dienone is 4. The van der Waals surface area contributed by atoms with Crippen LogP contribution < -0.4 is 16.4 Å². The third-order valence-corrected chi connectivity index (χ3v) is 6.12. The lowest BCUT2D eigenvalue weighted by Crippen LogP contribution is -2.49. The summed E-state index contributed by atoms with van der Waals surface area (Å²) in [5.41, 5.74) is 5.31. The van der Waals surface area contributed by atoms with Gasteiger partial charge in [0.1, 0.15) is 33.7 Å². The molecule has 0 heterocycles. The van der Waals surface area contributed by atoms with Crippen molar-refractivity contribution in [1.82, 2.24) is 10.6 Å². The number of hydrogen-bond acceptors (Lipinski definition) is 8. The Bertz CT molecular complexity index is 889. The Morgan fingerprint density at radius 1 is 1.00 bits per heavy atom. The maximum atomic E-state index is 12.3. The number of carbonyl (C=O) groups excluding carboxylic acids is 4. The molecule has 0 aromatic heterocycles. The summed E-state index contributed by atoms with van der Waals surface area (Å²) in [5, 5.41) is 20.2. The van der Waals surface area contributed by atoms with Gasteiger partial charge in [0.2, 0.25) is 23.4 Å². The van der Waals surface area contributed by atoms with Crippen LogP contribution >= 0.6 is 46.6 Å². The lowest BCUT2D eigenvalue weighted by atomic mass is 10.1. The van der Waals surface area contributed by atoms with Gasteiger partial charge in [0, 0.05) is 12.2 Å². The van der Waals surface area contributed by atoms with Crippen LogP contribution in [-0.4, -0.2) is 69.9 Å². The van der Waals surface area contributed by atoms with Crippen LogP contribution in [0.2, 0.25) is 0 Å². The Morgan fingerprint density at radius 2 is 1.58 bits per heavy atom. The highest BCUT2D eigenvalue weighted by Gasteiger charge is 2.34. The molecule has 0 bridgehead atoms. The predicted molar refractivity (Wildman–Crippen MR) is 112 cm³/mol. The summed E-state index contributed by atoms with van der Waals surface area (Å²) in [6, 6.07) is -2.66. The Morgan fingerprint density at radius 3 is 2.13 bits per heavy atom. The number of amides is 2. The first-order valence-electron chi connectivity index (χ1n) is 8.31. The summed E-state index contributed by atoms with van der Waals surface area (Å²) < 4.78 is 0. The molecule has 31 heavy (non-hydrogen) atoms. The van der Waals surface area contributed by atoms with Crippen molar-refractivity contribution in [1.29, 1.82) is 0 Å². The van der Waals surface area contributed by atoms with E-state index in [2.05, 4.69) is 10.6 Å². The second kappa shape index (κ2) is 12.1. The van der Waals surface area contributed by atoms with Crippen LogP contribution in [0, 0.1) is 0 Å². The van der Waals surface area contributed by atoms with Crippen LogP contribution in [0.15, 0.2) is 20.0 Å². The Hall–Kier alpha value is -2.12. The molecule has 2 amide bonds. The van der Waals surface area contributed by atoms with E-state index < -0.39 is 69.0 Å².